The molecule has 188 valence electrons. The van der Waals surface area contributed by atoms with Crippen molar-refractivity contribution >= 4 is 15.9 Å². The molecule has 0 unspecified atom stereocenters. The van der Waals surface area contributed by atoms with Crippen LogP contribution < -0.4 is 9.47 Å². The Labute approximate surface area is 204 Å². The molecule has 3 heterocycles. The van der Waals surface area contributed by atoms with Crippen molar-refractivity contribution in [2.45, 2.75) is 23.8 Å². The van der Waals surface area contributed by atoms with Crippen molar-refractivity contribution in [3.63, 3.8) is 0 Å². The van der Waals surface area contributed by atoms with Crippen molar-refractivity contribution in [1.82, 2.24) is 24.6 Å². The zero-order valence-electron chi connectivity index (χ0n) is 20.2. The second-order valence-electron chi connectivity index (χ2n) is 8.46. The smallest absolute Gasteiger partial charge is 0.319 e. The number of carbonyl (C=O) groups excluding carboxylic acids is 1. The molecule has 35 heavy (non-hydrogen) atoms. The van der Waals surface area contributed by atoms with Crippen LogP contribution in [0.3, 0.4) is 0 Å². The molecule has 12 heteroatoms. The first-order valence-corrected chi connectivity index (χ1v) is 12.9. The lowest BCUT2D eigenvalue weighted by Crippen LogP contribution is -2.48. The third kappa shape index (κ3) is 4.83. The number of piperidine rings is 1. The number of carbonyl (C=O) groups is 1. The molecule has 2 amide bonds. The molecule has 1 saturated heterocycles. The van der Waals surface area contributed by atoms with Crippen LogP contribution in [0.15, 0.2) is 41.0 Å². The number of furan rings is 1. The number of hydrogen-bond donors (Lipinski definition) is 0. The Kier molecular flexibility index (Phi) is 7.01. The van der Waals surface area contributed by atoms with Crippen molar-refractivity contribution in [2.24, 2.45) is 0 Å². The monoisotopic (exact) mass is 503 g/mol. The fraction of sp³-hybridized carbons (Fsp3) is 0.435. The van der Waals surface area contributed by atoms with Gasteiger partial charge < -0.3 is 23.7 Å². The standard InChI is InChI=1S/C23H29N5O6S/c1-26(2)23(29)27-12-6-8-16(14-27)35(30,31)15-20-24-25-22(19-11-7-13-34-19)28(20)21-17(32-3)9-5-10-18(21)33-4/h5,7,9-11,13,16H,6,8,12,14-15H2,1-4H3/t16-/m0/s1. The van der Waals surface area contributed by atoms with E-state index in [-0.39, 0.29) is 24.2 Å². The third-order valence-corrected chi connectivity index (χ3v) is 8.03. The van der Waals surface area contributed by atoms with Gasteiger partial charge in [-0.3, -0.25) is 4.57 Å². The highest BCUT2D eigenvalue weighted by Crippen LogP contribution is 2.37. The lowest BCUT2D eigenvalue weighted by atomic mass is 10.1. The predicted octanol–water partition coefficient (Wildman–Crippen LogP) is 2.61. The first-order valence-electron chi connectivity index (χ1n) is 11.1. The Morgan fingerprint density at radius 1 is 1.14 bits per heavy atom. The van der Waals surface area contributed by atoms with Crippen LogP contribution in [0.4, 0.5) is 4.79 Å². The van der Waals surface area contributed by atoms with E-state index in [1.54, 1.807) is 53.9 Å². The molecule has 1 aliphatic heterocycles. The number of ether oxygens (including phenoxy) is 2. The Morgan fingerprint density at radius 2 is 1.86 bits per heavy atom. The van der Waals surface area contributed by atoms with Crippen LogP contribution in [0.1, 0.15) is 18.7 Å². The SMILES string of the molecule is COc1cccc(OC)c1-n1c(CS(=O)(=O)[C@H]2CCCN(C(=O)N(C)C)C2)nnc1-c1ccco1. The summed E-state index contributed by atoms with van der Waals surface area (Å²) >= 11 is 0. The number of rotatable bonds is 7. The molecular weight excluding hydrogens is 474 g/mol. The maximum absolute atomic E-state index is 13.6. The summed E-state index contributed by atoms with van der Waals surface area (Å²) in [4.78, 5) is 15.5. The van der Waals surface area contributed by atoms with E-state index >= 15 is 0 Å². The van der Waals surface area contributed by atoms with Gasteiger partial charge in [0.15, 0.2) is 21.4 Å². The van der Waals surface area contributed by atoms with E-state index in [0.717, 1.165) is 0 Å². The van der Waals surface area contributed by atoms with Crippen LogP contribution in [-0.2, 0) is 15.6 Å². The fourth-order valence-electron chi connectivity index (χ4n) is 4.25. The van der Waals surface area contributed by atoms with Gasteiger partial charge in [0.1, 0.15) is 22.9 Å². The number of benzene rings is 1. The molecule has 0 saturated carbocycles. The van der Waals surface area contributed by atoms with Gasteiger partial charge in [0.25, 0.3) is 0 Å². The Balaban J connectivity index is 1.76. The molecule has 1 atom stereocenters. The van der Waals surface area contributed by atoms with Gasteiger partial charge >= 0.3 is 6.03 Å². The van der Waals surface area contributed by atoms with Gasteiger partial charge in [-0.15, -0.1) is 10.2 Å². The number of sulfone groups is 1. The number of para-hydroxylation sites is 1. The van der Waals surface area contributed by atoms with E-state index in [0.29, 0.717) is 48.2 Å². The molecule has 0 aliphatic carbocycles. The lowest BCUT2D eigenvalue weighted by Gasteiger charge is -2.34. The number of aromatic nitrogens is 3. The minimum atomic E-state index is -3.70. The quantitative estimate of drug-likeness (QED) is 0.483. The number of hydrogen-bond acceptors (Lipinski definition) is 8. The Hall–Kier alpha value is -3.54. The second kappa shape index (κ2) is 9.98. The van der Waals surface area contributed by atoms with Crippen LogP contribution in [0.25, 0.3) is 17.3 Å². The highest BCUT2D eigenvalue weighted by atomic mass is 32.2. The molecule has 1 aliphatic rings. The Bertz CT molecular complexity index is 1260. The summed E-state index contributed by atoms with van der Waals surface area (Å²) in [7, 11) is 2.64. The van der Waals surface area contributed by atoms with Crippen LogP contribution >= 0.6 is 0 Å². The normalized spacial score (nSPS) is 16.2. The molecule has 0 spiro atoms. The lowest BCUT2D eigenvalue weighted by molar-refractivity contribution is 0.161. The van der Waals surface area contributed by atoms with E-state index < -0.39 is 15.1 Å². The Morgan fingerprint density at radius 3 is 2.46 bits per heavy atom. The molecule has 0 bridgehead atoms. The third-order valence-electron chi connectivity index (χ3n) is 5.97. The molecule has 1 aromatic carbocycles. The van der Waals surface area contributed by atoms with Crippen molar-refractivity contribution in [1.29, 1.82) is 0 Å². The second-order valence-corrected chi connectivity index (χ2v) is 10.7. The van der Waals surface area contributed by atoms with Crippen LogP contribution in [0.5, 0.6) is 11.5 Å². The van der Waals surface area contributed by atoms with E-state index in [2.05, 4.69) is 10.2 Å². The van der Waals surface area contributed by atoms with Crippen molar-refractivity contribution in [2.75, 3.05) is 41.4 Å². The van der Waals surface area contributed by atoms with Crippen LogP contribution in [0.2, 0.25) is 0 Å². The summed E-state index contributed by atoms with van der Waals surface area (Å²) in [5.74, 6) is 1.45. The highest BCUT2D eigenvalue weighted by molar-refractivity contribution is 7.91. The average Bonchev–Trinajstić information content (AvgIpc) is 3.52. The number of amides is 2. The van der Waals surface area contributed by atoms with Gasteiger partial charge in [0.2, 0.25) is 5.82 Å². The number of likely N-dealkylation sites (tertiary alicyclic amines) is 1. The highest BCUT2D eigenvalue weighted by Gasteiger charge is 2.35. The van der Waals surface area contributed by atoms with Gasteiger partial charge in [-0.2, -0.15) is 0 Å². The summed E-state index contributed by atoms with van der Waals surface area (Å²) in [5, 5.41) is 7.78. The zero-order chi connectivity index (χ0) is 25.2. The number of methoxy groups -OCH3 is 2. The van der Waals surface area contributed by atoms with Gasteiger partial charge in [-0.1, -0.05) is 6.07 Å². The van der Waals surface area contributed by atoms with Crippen molar-refractivity contribution < 1.29 is 27.1 Å². The van der Waals surface area contributed by atoms with Gasteiger partial charge in [0.05, 0.1) is 25.7 Å². The minimum Gasteiger partial charge on any atom is -0.494 e. The van der Waals surface area contributed by atoms with Crippen molar-refractivity contribution in [3.8, 4) is 28.8 Å². The molecule has 2 aromatic heterocycles. The van der Waals surface area contributed by atoms with E-state index in [1.807, 2.05) is 0 Å². The summed E-state index contributed by atoms with van der Waals surface area (Å²) in [5.41, 5.74) is 0.465. The maximum Gasteiger partial charge on any atom is 0.319 e. The van der Waals surface area contributed by atoms with Crippen LogP contribution in [-0.4, -0.2) is 85.7 Å². The molecule has 0 N–H and O–H groups in total. The van der Waals surface area contributed by atoms with Crippen LogP contribution in [0, 0.1) is 0 Å². The summed E-state index contributed by atoms with van der Waals surface area (Å²) in [6, 6.07) is 8.48. The van der Waals surface area contributed by atoms with Crippen molar-refractivity contribution in [3.05, 3.63) is 42.4 Å². The minimum absolute atomic E-state index is 0.135. The van der Waals surface area contributed by atoms with E-state index in [9.17, 15) is 13.2 Å². The summed E-state index contributed by atoms with van der Waals surface area (Å²) in [6.45, 7) is 0.663. The molecule has 0 radical (unpaired) electrons. The summed E-state index contributed by atoms with van der Waals surface area (Å²) < 4.78 is 45.4. The fourth-order valence-corrected chi connectivity index (χ4v) is 5.96. The topological polar surface area (TPSA) is 120 Å². The molecule has 11 nitrogen and oxygen atoms in total. The number of urea groups is 1. The number of nitrogens with zero attached hydrogens (tertiary/aromatic N) is 5. The maximum atomic E-state index is 13.6. The van der Waals surface area contributed by atoms with E-state index in [1.165, 1.54) is 25.4 Å². The predicted molar refractivity (Wildman–Crippen MR) is 128 cm³/mol. The zero-order valence-corrected chi connectivity index (χ0v) is 21.0. The molecule has 3 aromatic rings. The van der Waals surface area contributed by atoms with Gasteiger partial charge in [0, 0.05) is 27.2 Å². The first kappa shape index (κ1) is 24.6. The molecule has 4 rings (SSSR count). The molecular formula is C23H29N5O6S. The summed E-state index contributed by atoms with van der Waals surface area (Å²) in [6.07, 6.45) is 2.58. The van der Waals surface area contributed by atoms with E-state index in [4.69, 9.17) is 13.9 Å². The molecule has 1 fully saturated rings. The van der Waals surface area contributed by atoms with Gasteiger partial charge in [-0.05, 0) is 37.1 Å². The van der Waals surface area contributed by atoms with Gasteiger partial charge in [-0.25, -0.2) is 13.2 Å². The largest absolute Gasteiger partial charge is 0.494 e. The first-order chi connectivity index (χ1) is 16.8. The average molecular weight is 504 g/mol.